The zero-order chi connectivity index (χ0) is 25.1. The molecule has 1 N–H and O–H groups in total. The van der Waals surface area contributed by atoms with E-state index in [-0.39, 0.29) is 11.7 Å². The molecule has 0 unspecified atom stereocenters. The minimum absolute atomic E-state index is 0.142. The Morgan fingerprint density at radius 3 is 2.57 bits per heavy atom. The number of anilines is 1. The molecular formula is C25H26N4O3S3. The number of aryl methyl sites for hydroxylation is 3. The van der Waals surface area contributed by atoms with E-state index in [1.807, 2.05) is 18.4 Å². The molecule has 10 heteroatoms. The third kappa shape index (κ3) is 5.34. The number of thioether (sulfide) groups is 1. The van der Waals surface area contributed by atoms with Gasteiger partial charge in [0.05, 0.1) is 18.4 Å². The molecule has 35 heavy (non-hydrogen) atoms. The Morgan fingerprint density at radius 1 is 1.14 bits per heavy atom. The fourth-order valence-corrected chi connectivity index (χ4v) is 6.32. The van der Waals surface area contributed by atoms with E-state index >= 15 is 0 Å². The van der Waals surface area contributed by atoms with Gasteiger partial charge in [0, 0.05) is 32.8 Å². The van der Waals surface area contributed by atoms with Gasteiger partial charge in [-0.15, -0.1) is 32.9 Å². The lowest BCUT2D eigenvalue weighted by Crippen LogP contribution is -2.16. The predicted molar refractivity (Wildman–Crippen MR) is 144 cm³/mol. The maximum absolute atomic E-state index is 12.7. The number of amides is 1. The fraction of sp³-hybridized carbons (Fsp3) is 0.280. The lowest BCUT2D eigenvalue weighted by atomic mass is 10.0. The van der Waals surface area contributed by atoms with Crippen molar-refractivity contribution in [2.24, 2.45) is 0 Å². The van der Waals surface area contributed by atoms with Crippen molar-refractivity contribution in [1.29, 1.82) is 0 Å². The summed E-state index contributed by atoms with van der Waals surface area (Å²) in [5.41, 5.74) is 4.93. The maximum atomic E-state index is 12.7. The molecule has 0 fully saturated rings. The van der Waals surface area contributed by atoms with Crippen LogP contribution in [0, 0.1) is 20.8 Å². The minimum Gasteiger partial charge on any atom is -0.465 e. The van der Waals surface area contributed by atoms with Crippen LogP contribution in [0.4, 0.5) is 5.00 Å². The summed E-state index contributed by atoms with van der Waals surface area (Å²) >= 11 is 4.36. The number of nitrogens with zero attached hydrogens (tertiary/aromatic N) is 3. The highest BCUT2D eigenvalue weighted by atomic mass is 32.2. The highest BCUT2D eigenvalue weighted by Gasteiger charge is 2.21. The first-order valence-electron chi connectivity index (χ1n) is 11.0. The number of benzene rings is 1. The van der Waals surface area contributed by atoms with Gasteiger partial charge in [0.1, 0.15) is 5.00 Å². The van der Waals surface area contributed by atoms with Crippen molar-refractivity contribution < 1.29 is 14.3 Å². The lowest BCUT2D eigenvalue weighted by Gasteiger charge is -2.10. The van der Waals surface area contributed by atoms with Crippen LogP contribution < -0.4 is 5.32 Å². The molecule has 3 heterocycles. The number of carbonyl (C=O) groups excluding carboxylic acids is 2. The third-order valence-electron chi connectivity index (χ3n) is 5.44. The van der Waals surface area contributed by atoms with Crippen molar-refractivity contribution in [3.8, 4) is 22.5 Å². The quantitative estimate of drug-likeness (QED) is 0.217. The second-order valence-corrected chi connectivity index (χ2v) is 11.2. The fourth-order valence-electron chi connectivity index (χ4n) is 3.74. The molecule has 3 aromatic heterocycles. The summed E-state index contributed by atoms with van der Waals surface area (Å²) in [6.45, 7) is 8.78. The Bertz CT molecular complexity index is 1370. The van der Waals surface area contributed by atoms with Gasteiger partial charge in [-0.05, 0) is 39.3 Å². The monoisotopic (exact) mass is 526 g/mol. The molecule has 0 aliphatic rings. The Labute approximate surface area is 216 Å². The number of hydrogen-bond acceptors (Lipinski definition) is 8. The van der Waals surface area contributed by atoms with Crippen LogP contribution in [0.15, 0.2) is 40.9 Å². The lowest BCUT2D eigenvalue weighted by molar-refractivity contribution is -0.113. The average molecular weight is 527 g/mol. The van der Waals surface area contributed by atoms with Crippen molar-refractivity contribution in [2.75, 3.05) is 18.2 Å². The molecule has 182 valence electrons. The molecule has 0 bridgehead atoms. The van der Waals surface area contributed by atoms with Crippen LogP contribution in [0.2, 0.25) is 0 Å². The average Bonchev–Trinajstić information content (AvgIpc) is 3.53. The second kappa shape index (κ2) is 10.8. The van der Waals surface area contributed by atoms with Gasteiger partial charge in [0.25, 0.3) is 0 Å². The van der Waals surface area contributed by atoms with Gasteiger partial charge < -0.3 is 14.6 Å². The molecule has 0 atom stereocenters. The van der Waals surface area contributed by atoms with Crippen LogP contribution in [0.1, 0.15) is 32.6 Å². The summed E-state index contributed by atoms with van der Waals surface area (Å²) in [5, 5.41) is 15.0. The smallest absolute Gasteiger partial charge is 0.340 e. The Morgan fingerprint density at radius 2 is 1.89 bits per heavy atom. The van der Waals surface area contributed by atoms with E-state index in [9.17, 15) is 9.59 Å². The van der Waals surface area contributed by atoms with Crippen molar-refractivity contribution in [3.05, 3.63) is 56.6 Å². The van der Waals surface area contributed by atoms with Crippen molar-refractivity contribution in [2.45, 2.75) is 39.4 Å². The van der Waals surface area contributed by atoms with E-state index in [1.54, 1.807) is 17.4 Å². The topological polar surface area (TPSA) is 86.1 Å². The molecular weight excluding hydrogens is 501 g/mol. The molecule has 4 rings (SSSR count). The molecule has 0 aliphatic carbocycles. The van der Waals surface area contributed by atoms with Crippen LogP contribution in [-0.2, 0) is 16.1 Å². The van der Waals surface area contributed by atoms with E-state index in [1.165, 1.54) is 40.6 Å². The van der Waals surface area contributed by atoms with Gasteiger partial charge in [0.2, 0.25) is 5.91 Å². The van der Waals surface area contributed by atoms with E-state index in [0.29, 0.717) is 22.3 Å². The number of methoxy groups -OCH3 is 1. The van der Waals surface area contributed by atoms with E-state index in [2.05, 4.69) is 59.0 Å². The Kier molecular flexibility index (Phi) is 7.73. The van der Waals surface area contributed by atoms with E-state index in [0.717, 1.165) is 27.4 Å². The molecule has 0 aliphatic heterocycles. The summed E-state index contributed by atoms with van der Waals surface area (Å²) in [7, 11) is 1.32. The SMILES string of the molecule is CCn1c(SCC(=O)Nc2sc(C)cc2C(=O)OC)nnc1-c1csc(C)c1-c1ccc(C)cc1. The number of thiophene rings is 2. The normalized spacial score (nSPS) is 11.0. The Hall–Kier alpha value is -2.95. The van der Waals surface area contributed by atoms with Crippen LogP contribution in [-0.4, -0.2) is 39.5 Å². The van der Waals surface area contributed by atoms with Crippen LogP contribution >= 0.6 is 34.4 Å². The summed E-state index contributed by atoms with van der Waals surface area (Å²) in [6.07, 6.45) is 0. The first-order chi connectivity index (χ1) is 16.8. The van der Waals surface area contributed by atoms with Crippen molar-refractivity contribution in [1.82, 2.24) is 14.8 Å². The van der Waals surface area contributed by atoms with Gasteiger partial charge in [-0.3, -0.25) is 4.79 Å². The van der Waals surface area contributed by atoms with Gasteiger partial charge in [-0.25, -0.2) is 4.79 Å². The summed E-state index contributed by atoms with van der Waals surface area (Å²) in [6, 6.07) is 10.2. The molecule has 0 radical (unpaired) electrons. The summed E-state index contributed by atoms with van der Waals surface area (Å²) in [5.74, 6) is 0.240. The third-order valence-corrected chi connectivity index (χ3v) is 8.28. The van der Waals surface area contributed by atoms with E-state index < -0.39 is 5.97 Å². The Balaban J connectivity index is 1.54. The largest absolute Gasteiger partial charge is 0.465 e. The number of carbonyl (C=O) groups is 2. The van der Waals surface area contributed by atoms with Gasteiger partial charge in [-0.2, -0.15) is 0 Å². The first-order valence-corrected chi connectivity index (χ1v) is 13.7. The van der Waals surface area contributed by atoms with Gasteiger partial charge in [-0.1, -0.05) is 41.6 Å². The highest BCUT2D eigenvalue weighted by Crippen LogP contribution is 2.39. The maximum Gasteiger partial charge on any atom is 0.340 e. The van der Waals surface area contributed by atoms with E-state index in [4.69, 9.17) is 4.74 Å². The zero-order valence-corrected chi connectivity index (χ0v) is 22.6. The minimum atomic E-state index is -0.469. The van der Waals surface area contributed by atoms with Crippen molar-refractivity contribution >= 4 is 51.3 Å². The van der Waals surface area contributed by atoms with Crippen LogP contribution in [0.25, 0.3) is 22.5 Å². The number of hydrogen-bond donors (Lipinski definition) is 1. The second-order valence-electron chi connectivity index (χ2n) is 7.93. The molecule has 0 saturated carbocycles. The van der Waals surface area contributed by atoms with Crippen molar-refractivity contribution in [3.63, 3.8) is 0 Å². The highest BCUT2D eigenvalue weighted by molar-refractivity contribution is 7.99. The molecule has 0 saturated heterocycles. The zero-order valence-electron chi connectivity index (χ0n) is 20.2. The molecule has 1 amide bonds. The molecule has 4 aromatic rings. The number of ether oxygens (including phenoxy) is 1. The number of aromatic nitrogens is 3. The molecule has 0 spiro atoms. The van der Waals surface area contributed by atoms with Gasteiger partial charge in [0.15, 0.2) is 11.0 Å². The summed E-state index contributed by atoms with van der Waals surface area (Å²) < 4.78 is 6.85. The molecule has 7 nitrogen and oxygen atoms in total. The first kappa shape index (κ1) is 25.2. The molecule has 1 aromatic carbocycles. The number of esters is 1. The van der Waals surface area contributed by atoms with Gasteiger partial charge >= 0.3 is 5.97 Å². The van der Waals surface area contributed by atoms with Crippen LogP contribution in [0.3, 0.4) is 0 Å². The van der Waals surface area contributed by atoms with Crippen LogP contribution in [0.5, 0.6) is 0 Å². The number of nitrogens with one attached hydrogen (secondary N) is 1. The standard InChI is InChI=1S/C25H26N4O3S3/c1-6-29-22(19-12-33-16(4)21(19)17-9-7-14(2)8-10-17)27-28-25(29)34-13-20(30)26-23-18(24(31)32-5)11-15(3)35-23/h7-12H,6,13H2,1-5H3,(H,26,30). The summed E-state index contributed by atoms with van der Waals surface area (Å²) in [4.78, 5) is 26.8. The number of rotatable bonds is 8. The predicted octanol–water partition coefficient (Wildman–Crippen LogP) is 6.20.